The molecule has 1 saturated heterocycles. The number of furan rings is 1. The summed E-state index contributed by atoms with van der Waals surface area (Å²) in [5, 5.41) is 9.19. The van der Waals surface area contributed by atoms with Crippen LogP contribution in [0.5, 0.6) is 5.75 Å². The molecule has 1 amide bonds. The molecule has 3 aromatic rings. The van der Waals surface area contributed by atoms with Crippen molar-refractivity contribution in [2.75, 3.05) is 32.6 Å². The fourth-order valence-corrected chi connectivity index (χ4v) is 4.62. The van der Waals surface area contributed by atoms with Gasteiger partial charge in [-0.1, -0.05) is 11.8 Å². The maximum atomic E-state index is 12.9. The molecule has 33 heavy (non-hydrogen) atoms. The summed E-state index contributed by atoms with van der Waals surface area (Å²) in [5.41, 5.74) is 0.822. The van der Waals surface area contributed by atoms with E-state index >= 15 is 0 Å². The highest BCUT2D eigenvalue weighted by molar-refractivity contribution is 7.99. The molecule has 0 spiro atoms. The first kappa shape index (κ1) is 22.9. The zero-order valence-corrected chi connectivity index (χ0v) is 19.4. The number of hydrogen-bond donors (Lipinski definition) is 0. The highest BCUT2D eigenvalue weighted by atomic mass is 32.2. The van der Waals surface area contributed by atoms with E-state index in [1.807, 2.05) is 34.9 Å². The zero-order valence-electron chi connectivity index (χ0n) is 18.6. The molecule has 0 aliphatic carbocycles. The molecular weight excluding hydrogens is 444 g/mol. The van der Waals surface area contributed by atoms with Crippen molar-refractivity contribution in [1.82, 2.24) is 19.7 Å². The molecule has 9 nitrogen and oxygen atoms in total. The number of thioether (sulfide) groups is 1. The molecule has 0 bridgehead atoms. The maximum Gasteiger partial charge on any atom is 0.310 e. The number of hydrogen-bond acceptors (Lipinski definition) is 8. The minimum atomic E-state index is -0.263. The van der Waals surface area contributed by atoms with Crippen LogP contribution in [-0.4, -0.2) is 64.1 Å². The predicted molar refractivity (Wildman–Crippen MR) is 122 cm³/mol. The van der Waals surface area contributed by atoms with E-state index in [4.69, 9.17) is 13.9 Å². The number of ether oxygens (including phenoxy) is 2. The maximum absolute atomic E-state index is 12.9. The number of benzene rings is 1. The summed E-state index contributed by atoms with van der Waals surface area (Å²) in [4.78, 5) is 26.8. The summed E-state index contributed by atoms with van der Waals surface area (Å²) in [5.74, 6) is 1.49. The summed E-state index contributed by atoms with van der Waals surface area (Å²) in [6.45, 7) is 3.16. The Labute approximate surface area is 196 Å². The number of rotatable bonds is 8. The van der Waals surface area contributed by atoms with Crippen LogP contribution in [0.2, 0.25) is 0 Å². The van der Waals surface area contributed by atoms with E-state index in [1.54, 1.807) is 31.3 Å². The second-order valence-corrected chi connectivity index (χ2v) is 8.48. The van der Waals surface area contributed by atoms with Gasteiger partial charge in [-0.3, -0.25) is 14.2 Å². The second-order valence-electron chi connectivity index (χ2n) is 7.54. The number of nitrogens with zero attached hydrogens (tertiary/aromatic N) is 4. The van der Waals surface area contributed by atoms with Gasteiger partial charge in [0.1, 0.15) is 5.75 Å². The zero-order chi connectivity index (χ0) is 23.2. The number of piperidine rings is 1. The summed E-state index contributed by atoms with van der Waals surface area (Å²) in [6, 6.07) is 11.1. The average Bonchev–Trinajstić information content (AvgIpc) is 3.53. The van der Waals surface area contributed by atoms with E-state index < -0.39 is 0 Å². The van der Waals surface area contributed by atoms with E-state index in [0.717, 1.165) is 24.3 Å². The molecule has 1 atom stereocenters. The van der Waals surface area contributed by atoms with Crippen molar-refractivity contribution in [2.45, 2.75) is 24.9 Å². The average molecular weight is 471 g/mol. The second kappa shape index (κ2) is 10.6. The van der Waals surface area contributed by atoms with Gasteiger partial charge in [-0.2, -0.15) is 0 Å². The first-order valence-corrected chi connectivity index (χ1v) is 11.8. The topological polar surface area (TPSA) is 99.7 Å². The van der Waals surface area contributed by atoms with E-state index in [-0.39, 0.29) is 23.5 Å². The van der Waals surface area contributed by atoms with Crippen molar-refractivity contribution in [3.63, 3.8) is 0 Å². The summed E-state index contributed by atoms with van der Waals surface area (Å²) in [6.07, 6.45) is 3.10. The molecule has 1 fully saturated rings. The highest BCUT2D eigenvalue weighted by Gasteiger charge is 2.29. The van der Waals surface area contributed by atoms with Gasteiger partial charge < -0.3 is 18.8 Å². The molecule has 0 N–H and O–H groups in total. The van der Waals surface area contributed by atoms with Crippen LogP contribution < -0.4 is 4.74 Å². The van der Waals surface area contributed by atoms with E-state index in [1.165, 1.54) is 11.8 Å². The lowest BCUT2D eigenvalue weighted by molar-refractivity contribution is -0.151. The van der Waals surface area contributed by atoms with Crippen molar-refractivity contribution in [3.05, 3.63) is 42.7 Å². The van der Waals surface area contributed by atoms with Crippen molar-refractivity contribution >= 4 is 23.6 Å². The Hall–Kier alpha value is -3.27. The van der Waals surface area contributed by atoms with Crippen molar-refractivity contribution < 1.29 is 23.5 Å². The number of amides is 1. The van der Waals surface area contributed by atoms with E-state index in [9.17, 15) is 9.59 Å². The van der Waals surface area contributed by atoms with Crippen LogP contribution >= 0.6 is 11.8 Å². The Kier molecular flexibility index (Phi) is 7.33. The molecule has 10 heteroatoms. The first-order chi connectivity index (χ1) is 16.1. The number of carbonyl (C=O) groups excluding carboxylic acids is 2. The number of esters is 1. The third-order valence-corrected chi connectivity index (χ3v) is 6.34. The van der Waals surface area contributed by atoms with Gasteiger partial charge in [-0.05, 0) is 56.2 Å². The van der Waals surface area contributed by atoms with Gasteiger partial charge in [0, 0.05) is 13.1 Å². The largest absolute Gasteiger partial charge is 0.497 e. The van der Waals surface area contributed by atoms with Crippen molar-refractivity contribution in [1.29, 1.82) is 0 Å². The Morgan fingerprint density at radius 2 is 2.03 bits per heavy atom. The molecule has 0 saturated carbocycles. The van der Waals surface area contributed by atoms with Crippen LogP contribution in [0.1, 0.15) is 19.8 Å². The third kappa shape index (κ3) is 5.22. The van der Waals surface area contributed by atoms with Gasteiger partial charge in [-0.25, -0.2) is 0 Å². The number of methoxy groups -OCH3 is 1. The van der Waals surface area contributed by atoms with Gasteiger partial charge >= 0.3 is 5.97 Å². The van der Waals surface area contributed by atoms with Gasteiger partial charge in [0.2, 0.25) is 11.7 Å². The van der Waals surface area contributed by atoms with Gasteiger partial charge in [0.05, 0.1) is 37.3 Å². The highest BCUT2D eigenvalue weighted by Crippen LogP contribution is 2.29. The molecule has 1 aromatic carbocycles. The monoisotopic (exact) mass is 470 g/mol. The Morgan fingerprint density at radius 1 is 1.21 bits per heavy atom. The Bertz CT molecular complexity index is 1080. The van der Waals surface area contributed by atoms with E-state index in [2.05, 4.69) is 10.2 Å². The number of aromatic nitrogens is 3. The van der Waals surface area contributed by atoms with Crippen molar-refractivity contribution in [3.8, 4) is 23.0 Å². The SMILES string of the molecule is CCOC(=O)C1CCCN(C(=O)CSc2nnc(-c3ccco3)n2-c2ccc(OC)cc2)C1. The van der Waals surface area contributed by atoms with Gasteiger partial charge in [-0.15, -0.1) is 10.2 Å². The molecule has 4 rings (SSSR count). The number of likely N-dealkylation sites (tertiary alicyclic amines) is 1. The van der Waals surface area contributed by atoms with Gasteiger partial charge in [0.25, 0.3) is 0 Å². The van der Waals surface area contributed by atoms with Crippen molar-refractivity contribution in [2.24, 2.45) is 5.92 Å². The normalized spacial score (nSPS) is 15.9. The van der Waals surface area contributed by atoms with Crippen LogP contribution in [0.4, 0.5) is 0 Å². The minimum absolute atomic E-state index is 0.0437. The fraction of sp³-hybridized carbons (Fsp3) is 0.391. The molecule has 1 unspecified atom stereocenters. The van der Waals surface area contributed by atoms with Crippen LogP contribution in [0.15, 0.2) is 52.2 Å². The Morgan fingerprint density at radius 3 is 2.73 bits per heavy atom. The lowest BCUT2D eigenvalue weighted by Crippen LogP contribution is -2.43. The quantitative estimate of drug-likeness (QED) is 0.365. The number of carbonyl (C=O) groups is 2. The molecule has 174 valence electrons. The molecule has 2 aromatic heterocycles. The van der Waals surface area contributed by atoms with Crippen LogP contribution in [0, 0.1) is 5.92 Å². The summed E-state index contributed by atoms with van der Waals surface area (Å²) >= 11 is 1.30. The molecule has 1 aliphatic rings. The van der Waals surface area contributed by atoms with Crippen LogP contribution in [0.25, 0.3) is 17.3 Å². The van der Waals surface area contributed by atoms with Gasteiger partial charge in [0.15, 0.2) is 10.9 Å². The van der Waals surface area contributed by atoms with Crippen LogP contribution in [0.3, 0.4) is 0 Å². The smallest absolute Gasteiger partial charge is 0.310 e. The summed E-state index contributed by atoms with van der Waals surface area (Å²) in [7, 11) is 1.61. The lowest BCUT2D eigenvalue weighted by atomic mass is 9.98. The molecule has 0 radical (unpaired) electrons. The van der Waals surface area contributed by atoms with E-state index in [0.29, 0.717) is 36.4 Å². The predicted octanol–water partition coefficient (Wildman–Crippen LogP) is 3.43. The Balaban J connectivity index is 1.51. The standard InChI is InChI=1S/C23H26N4O5S/c1-3-31-22(29)16-6-4-12-26(14-16)20(28)15-33-23-25-24-21(19-7-5-13-32-19)27(23)17-8-10-18(30-2)11-9-17/h5,7-11,13,16H,3-4,6,12,14-15H2,1-2H3. The first-order valence-electron chi connectivity index (χ1n) is 10.8. The summed E-state index contributed by atoms with van der Waals surface area (Å²) < 4.78 is 17.8. The minimum Gasteiger partial charge on any atom is -0.497 e. The molecule has 3 heterocycles. The fourth-order valence-electron chi connectivity index (χ4n) is 3.77. The lowest BCUT2D eigenvalue weighted by Gasteiger charge is -2.31. The molecular formula is C23H26N4O5S. The van der Waals surface area contributed by atoms with Crippen LogP contribution in [-0.2, 0) is 14.3 Å². The third-order valence-electron chi connectivity index (χ3n) is 5.42. The molecule has 1 aliphatic heterocycles.